The highest BCUT2D eigenvalue weighted by Crippen LogP contribution is 2.23. The number of non-ortho nitro benzene ring substituents is 1. The highest BCUT2D eigenvalue weighted by molar-refractivity contribution is 5.99. The summed E-state index contributed by atoms with van der Waals surface area (Å²) in [4.78, 5) is 22.8. The van der Waals surface area contributed by atoms with Crippen molar-refractivity contribution in [3.63, 3.8) is 0 Å². The second-order valence-electron chi connectivity index (χ2n) is 8.50. The van der Waals surface area contributed by atoms with Crippen LogP contribution in [0.2, 0.25) is 0 Å². The minimum Gasteiger partial charge on any atom is -0.494 e. The maximum Gasteiger partial charge on any atom is 0.269 e. The molecule has 37 heavy (non-hydrogen) atoms. The Kier molecular flexibility index (Phi) is 8.27. The Morgan fingerprint density at radius 1 is 1.14 bits per heavy atom. The topological polar surface area (TPSA) is 119 Å². The van der Waals surface area contributed by atoms with Gasteiger partial charge in [-0.05, 0) is 42.7 Å². The number of nitrogens with zero attached hydrogens (tertiary/aromatic N) is 3. The molecule has 2 N–H and O–H groups in total. The van der Waals surface area contributed by atoms with Gasteiger partial charge in [-0.25, -0.2) is 5.43 Å². The van der Waals surface area contributed by atoms with Gasteiger partial charge in [-0.1, -0.05) is 42.5 Å². The molecule has 1 atom stereocenters. The molecule has 9 heteroatoms. The Balaban J connectivity index is 1.36. The van der Waals surface area contributed by atoms with Gasteiger partial charge in [0.05, 0.1) is 23.8 Å². The molecule has 0 bridgehead atoms. The number of hydrogen-bond donors (Lipinski definition) is 2. The molecule has 3 aromatic carbocycles. The van der Waals surface area contributed by atoms with Crippen molar-refractivity contribution in [1.29, 1.82) is 0 Å². The average Bonchev–Trinajstić information content (AvgIpc) is 3.25. The number of carbonyl (C=O) groups is 1. The molecular weight excluding hydrogens is 472 g/mol. The minimum absolute atomic E-state index is 0.0525. The molecule has 4 rings (SSSR count). The Hall–Kier alpha value is -4.50. The van der Waals surface area contributed by atoms with Crippen LogP contribution < -0.4 is 10.2 Å². The van der Waals surface area contributed by atoms with E-state index in [-0.39, 0.29) is 24.4 Å². The van der Waals surface area contributed by atoms with Gasteiger partial charge in [0.2, 0.25) is 5.91 Å². The third kappa shape index (κ3) is 6.59. The zero-order valence-corrected chi connectivity index (χ0v) is 20.4. The number of nitro groups is 1. The van der Waals surface area contributed by atoms with Gasteiger partial charge in [0.1, 0.15) is 5.75 Å². The van der Waals surface area contributed by atoms with Crippen LogP contribution in [0.15, 0.2) is 84.1 Å². The predicted molar refractivity (Wildman–Crippen MR) is 142 cm³/mol. The van der Waals surface area contributed by atoms with E-state index in [9.17, 15) is 20.0 Å². The lowest BCUT2D eigenvalue weighted by molar-refractivity contribution is -0.384. The van der Waals surface area contributed by atoms with Crippen LogP contribution in [-0.2, 0) is 11.3 Å². The third-order valence-corrected chi connectivity index (χ3v) is 5.93. The Bertz CT molecular complexity index is 1390. The molecule has 0 radical (unpaired) electrons. The Labute approximate surface area is 214 Å². The Morgan fingerprint density at radius 3 is 2.57 bits per heavy atom. The van der Waals surface area contributed by atoms with Crippen molar-refractivity contribution in [2.45, 2.75) is 32.4 Å². The van der Waals surface area contributed by atoms with Gasteiger partial charge >= 0.3 is 0 Å². The number of rotatable bonds is 11. The smallest absolute Gasteiger partial charge is 0.269 e. The van der Waals surface area contributed by atoms with Crippen molar-refractivity contribution in [2.24, 2.45) is 5.10 Å². The molecule has 0 fully saturated rings. The lowest BCUT2D eigenvalue weighted by Gasteiger charge is -2.11. The second kappa shape index (κ2) is 12.0. The molecular formula is C28H28N4O5. The zero-order valence-electron chi connectivity index (χ0n) is 20.4. The van der Waals surface area contributed by atoms with Gasteiger partial charge in [-0.15, -0.1) is 0 Å². The Morgan fingerprint density at radius 2 is 1.86 bits per heavy atom. The fourth-order valence-electron chi connectivity index (χ4n) is 4.05. The van der Waals surface area contributed by atoms with E-state index >= 15 is 0 Å². The summed E-state index contributed by atoms with van der Waals surface area (Å²) in [7, 11) is 0. The van der Waals surface area contributed by atoms with E-state index in [1.54, 1.807) is 42.6 Å². The maximum atomic E-state index is 12.3. The van der Waals surface area contributed by atoms with Crippen LogP contribution in [0.3, 0.4) is 0 Å². The number of nitrogens with one attached hydrogen (secondary N) is 1. The first-order valence-corrected chi connectivity index (χ1v) is 12.0. The molecule has 0 spiro atoms. The molecule has 0 aliphatic rings. The lowest BCUT2D eigenvalue weighted by atomic mass is 10.0. The summed E-state index contributed by atoms with van der Waals surface area (Å²) in [5.41, 5.74) is 6.04. The van der Waals surface area contributed by atoms with E-state index in [0.29, 0.717) is 13.2 Å². The van der Waals surface area contributed by atoms with Gasteiger partial charge in [0.25, 0.3) is 5.69 Å². The quantitative estimate of drug-likeness (QED) is 0.171. The molecule has 4 aromatic rings. The van der Waals surface area contributed by atoms with E-state index in [0.717, 1.165) is 33.3 Å². The number of aliphatic hydroxyl groups is 1. The number of aliphatic hydroxyl groups excluding tert-OH is 1. The van der Waals surface area contributed by atoms with E-state index in [2.05, 4.69) is 10.5 Å². The van der Waals surface area contributed by atoms with Gasteiger partial charge in [-0.2, -0.15) is 5.10 Å². The maximum absolute atomic E-state index is 12.3. The standard InChI is InChI=1S/C28H28N4O5/c1-2-37-24-13-9-21(10-14-24)27(33)15-16-28(34)30-29-17-22-19-31(26-6-4-3-5-25(22)26)18-20-7-11-23(12-8-20)32(35)36/h3-14,17,19,27,33H,2,15-16,18H2,1H3,(H,30,34)/b29-17-/t27-/m1/s1. The molecule has 1 aromatic heterocycles. The highest BCUT2D eigenvalue weighted by atomic mass is 16.6. The molecule has 0 unspecified atom stereocenters. The molecule has 1 heterocycles. The van der Waals surface area contributed by atoms with E-state index in [1.807, 2.05) is 42.0 Å². The van der Waals surface area contributed by atoms with Crippen molar-refractivity contribution in [3.05, 3.63) is 106 Å². The highest BCUT2D eigenvalue weighted by Gasteiger charge is 2.12. The van der Waals surface area contributed by atoms with Crippen molar-refractivity contribution in [3.8, 4) is 5.75 Å². The number of nitro benzene ring substituents is 1. The van der Waals surface area contributed by atoms with Gasteiger partial charge in [0.15, 0.2) is 0 Å². The fraction of sp³-hybridized carbons (Fsp3) is 0.214. The monoisotopic (exact) mass is 500 g/mol. The molecule has 1 amide bonds. The molecule has 190 valence electrons. The SMILES string of the molecule is CCOc1ccc([C@H](O)CCC(=O)N/N=C\c2cn(Cc3ccc([N+](=O)[O-])cc3)c3ccccc23)cc1. The summed E-state index contributed by atoms with van der Waals surface area (Å²) in [6.07, 6.45) is 3.15. The molecule has 9 nitrogen and oxygen atoms in total. The largest absolute Gasteiger partial charge is 0.494 e. The first kappa shape index (κ1) is 25.6. The number of hydrogen-bond acceptors (Lipinski definition) is 6. The van der Waals surface area contributed by atoms with Crippen LogP contribution >= 0.6 is 0 Å². The average molecular weight is 501 g/mol. The minimum atomic E-state index is -0.761. The van der Waals surface area contributed by atoms with Crippen molar-refractivity contribution < 1.29 is 19.6 Å². The van der Waals surface area contributed by atoms with Crippen molar-refractivity contribution in [2.75, 3.05) is 6.61 Å². The van der Waals surface area contributed by atoms with Crippen LogP contribution in [0.1, 0.15) is 42.6 Å². The third-order valence-electron chi connectivity index (χ3n) is 5.93. The summed E-state index contributed by atoms with van der Waals surface area (Å²) >= 11 is 0. The molecule has 0 saturated carbocycles. The number of hydrazone groups is 1. The normalized spacial score (nSPS) is 12.1. The van der Waals surface area contributed by atoms with Crippen molar-refractivity contribution in [1.82, 2.24) is 9.99 Å². The molecule has 0 aliphatic heterocycles. The number of carbonyl (C=O) groups excluding carboxylic acids is 1. The summed E-state index contributed by atoms with van der Waals surface area (Å²) < 4.78 is 7.44. The van der Waals surface area contributed by atoms with E-state index < -0.39 is 11.0 Å². The zero-order chi connectivity index (χ0) is 26.2. The summed E-state index contributed by atoms with van der Waals surface area (Å²) in [6, 6.07) is 21.5. The molecule has 0 aliphatic carbocycles. The number of para-hydroxylation sites is 1. The van der Waals surface area contributed by atoms with Gasteiger partial charge in [-0.3, -0.25) is 14.9 Å². The first-order valence-electron chi connectivity index (χ1n) is 12.0. The lowest BCUT2D eigenvalue weighted by Crippen LogP contribution is -2.18. The molecule has 0 saturated heterocycles. The second-order valence-corrected chi connectivity index (χ2v) is 8.50. The summed E-state index contributed by atoms with van der Waals surface area (Å²) in [6.45, 7) is 3.01. The summed E-state index contributed by atoms with van der Waals surface area (Å²) in [5.74, 6) is 0.440. The first-order chi connectivity index (χ1) is 17.9. The van der Waals surface area contributed by atoms with Crippen LogP contribution in [-0.4, -0.2) is 33.3 Å². The van der Waals surface area contributed by atoms with Crippen LogP contribution in [0.25, 0.3) is 10.9 Å². The van der Waals surface area contributed by atoms with Gasteiger partial charge < -0.3 is 14.4 Å². The number of amides is 1. The fourth-order valence-corrected chi connectivity index (χ4v) is 4.05. The summed E-state index contributed by atoms with van der Waals surface area (Å²) in [5, 5.41) is 26.4. The number of aromatic nitrogens is 1. The number of fused-ring (bicyclic) bond motifs is 1. The van der Waals surface area contributed by atoms with Gasteiger partial charge in [0, 0.05) is 47.8 Å². The van der Waals surface area contributed by atoms with Crippen LogP contribution in [0, 0.1) is 10.1 Å². The van der Waals surface area contributed by atoms with E-state index in [4.69, 9.17) is 4.74 Å². The predicted octanol–water partition coefficient (Wildman–Crippen LogP) is 4.96. The van der Waals surface area contributed by atoms with Crippen LogP contribution in [0.4, 0.5) is 5.69 Å². The van der Waals surface area contributed by atoms with E-state index in [1.165, 1.54) is 12.1 Å². The van der Waals surface area contributed by atoms with Crippen molar-refractivity contribution >= 4 is 28.7 Å². The number of ether oxygens (including phenoxy) is 1. The van der Waals surface area contributed by atoms with Crippen LogP contribution in [0.5, 0.6) is 5.75 Å². The number of benzene rings is 3.